The Balaban J connectivity index is 2.84. The number of aryl methyl sites for hydroxylation is 2. The number of nitrogens with zero attached hydrogens (tertiary/aromatic N) is 3. The Labute approximate surface area is 90.9 Å². The lowest BCUT2D eigenvalue weighted by atomic mass is 10.1. The first-order valence-corrected chi connectivity index (χ1v) is 5.18. The summed E-state index contributed by atoms with van der Waals surface area (Å²) >= 11 is 0. The Hall–Kier alpha value is -1.34. The van der Waals surface area contributed by atoms with Crippen LogP contribution >= 0.6 is 0 Å². The molecule has 0 aliphatic heterocycles. The fourth-order valence-corrected chi connectivity index (χ4v) is 1.66. The Bertz CT molecular complexity index is 374. The summed E-state index contributed by atoms with van der Waals surface area (Å²) in [5.74, 6) is 0. The van der Waals surface area contributed by atoms with Gasteiger partial charge in [-0.1, -0.05) is 6.92 Å². The van der Waals surface area contributed by atoms with Gasteiger partial charge in [-0.15, -0.1) is 0 Å². The van der Waals surface area contributed by atoms with Crippen molar-refractivity contribution in [2.45, 2.75) is 39.8 Å². The molecule has 1 unspecified atom stereocenters. The quantitative estimate of drug-likeness (QED) is 0.810. The first-order chi connectivity index (χ1) is 7.00. The van der Waals surface area contributed by atoms with E-state index >= 15 is 0 Å². The van der Waals surface area contributed by atoms with Crippen molar-refractivity contribution in [1.29, 1.82) is 5.26 Å². The van der Waals surface area contributed by atoms with Gasteiger partial charge in [-0.25, -0.2) is 0 Å². The van der Waals surface area contributed by atoms with Crippen LogP contribution in [0.1, 0.15) is 25.2 Å². The number of likely N-dealkylation sites (N-methyl/N-ethyl adjacent to an activating group) is 1. The maximum Gasteiger partial charge on any atom is 0.123 e. The van der Waals surface area contributed by atoms with Crippen LogP contribution in [0.3, 0.4) is 0 Å². The third kappa shape index (κ3) is 2.80. The van der Waals surface area contributed by atoms with Gasteiger partial charge in [0.1, 0.15) is 5.54 Å². The van der Waals surface area contributed by atoms with Gasteiger partial charge in [0.2, 0.25) is 0 Å². The second-order valence-corrected chi connectivity index (χ2v) is 4.06. The lowest BCUT2D eigenvalue weighted by Crippen LogP contribution is -2.45. The highest BCUT2D eigenvalue weighted by Crippen LogP contribution is 2.09. The smallest absolute Gasteiger partial charge is 0.123 e. The summed E-state index contributed by atoms with van der Waals surface area (Å²) in [5.41, 5.74) is 1.54. The molecule has 0 radical (unpaired) electrons. The van der Waals surface area contributed by atoms with Gasteiger partial charge in [-0.05, 0) is 33.4 Å². The van der Waals surface area contributed by atoms with E-state index in [1.165, 1.54) is 0 Å². The molecule has 82 valence electrons. The van der Waals surface area contributed by atoms with E-state index in [9.17, 15) is 0 Å². The summed E-state index contributed by atoms with van der Waals surface area (Å²) in [6.07, 6.45) is 0. The summed E-state index contributed by atoms with van der Waals surface area (Å²) in [7, 11) is 0. The summed E-state index contributed by atoms with van der Waals surface area (Å²) in [6.45, 7) is 9.22. The number of nitriles is 1. The van der Waals surface area contributed by atoms with Gasteiger partial charge in [0.05, 0.1) is 18.3 Å². The Morgan fingerprint density at radius 2 is 2.27 bits per heavy atom. The normalized spacial score (nSPS) is 14.6. The molecule has 0 amide bonds. The molecule has 1 rings (SSSR count). The van der Waals surface area contributed by atoms with Crippen molar-refractivity contribution in [2.75, 3.05) is 6.54 Å². The van der Waals surface area contributed by atoms with E-state index in [1.54, 1.807) is 0 Å². The first kappa shape index (κ1) is 11.7. The molecule has 0 aliphatic rings. The molecule has 1 atom stereocenters. The van der Waals surface area contributed by atoms with E-state index < -0.39 is 5.54 Å². The molecule has 0 aromatic carbocycles. The van der Waals surface area contributed by atoms with Gasteiger partial charge in [-0.2, -0.15) is 10.4 Å². The van der Waals surface area contributed by atoms with Crippen LogP contribution in [-0.2, 0) is 6.54 Å². The van der Waals surface area contributed by atoms with Crippen molar-refractivity contribution in [1.82, 2.24) is 15.1 Å². The van der Waals surface area contributed by atoms with Crippen LogP contribution in [0.5, 0.6) is 0 Å². The maximum absolute atomic E-state index is 9.12. The van der Waals surface area contributed by atoms with Crippen molar-refractivity contribution >= 4 is 0 Å². The average Bonchev–Trinajstić information content (AvgIpc) is 2.45. The first-order valence-electron chi connectivity index (χ1n) is 5.18. The molecule has 0 fully saturated rings. The maximum atomic E-state index is 9.12. The third-order valence-corrected chi connectivity index (χ3v) is 2.38. The minimum absolute atomic E-state index is 0.544. The number of nitrogens with one attached hydrogen (secondary N) is 1. The number of hydrogen-bond donors (Lipinski definition) is 1. The largest absolute Gasteiger partial charge is 0.298 e. The van der Waals surface area contributed by atoms with Crippen LogP contribution in [-0.4, -0.2) is 21.9 Å². The highest BCUT2D eigenvalue weighted by atomic mass is 15.3. The van der Waals surface area contributed by atoms with E-state index in [0.717, 1.165) is 17.9 Å². The molecular formula is C11H18N4. The molecule has 4 heteroatoms. The monoisotopic (exact) mass is 206 g/mol. The van der Waals surface area contributed by atoms with Crippen LogP contribution in [0.25, 0.3) is 0 Å². The number of aromatic nitrogens is 2. The predicted molar refractivity (Wildman–Crippen MR) is 59.4 cm³/mol. The fourth-order valence-electron chi connectivity index (χ4n) is 1.66. The van der Waals surface area contributed by atoms with Crippen LogP contribution in [0.15, 0.2) is 6.07 Å². The van der Waals surface area contributed by atoms with Crippen molar-refractivity contribution in [3.8, 4) is 6.07 Å². The van der Waals surface area contributed by atoms with Crippen molar-refractivity contribution < 1.29 is 0 Å². The van der Waals surface area contributed by atoms with Crippen LogP contribution < -0.4 is 5.32 Å². The minimum Gasteiger partial charge on any atom is -0.298 e. The van der Waals surface area contributed by atoms with E-state index in [2.05, 4.69) is 16.5 Å². The van der Waals surface area contributed by atoms with Gasteiger partial charge in [0.15, 0.2) is 0 Å². The van der Waals surface area contributed by atoms with Crippen LogP contribution in [0.4, 0.5) is 0 Å². The summed E-state index contributed by atoms with van der Waals surface area (Å²) in [5, 5.41) is 16.6. The molecular weight excluding hydrogens is 188 g/mol. The molecule has 4 nitrogen and oxygen atoms in total. The number of rotatable bonds is 4. The van der Waals surface area contributed by atoms with Crippen LogP contribution in [0.2, 0.25) is 0 Å². The van der Waals surface area contributed by atoms with Gasteiger partial charge in [0, 0.05) is 5.69 Å². The fraction of sp³-hybridized carbons (Fsp3) is 0.636. The Kier molecular flexibility index (Phi) is 3.48. The molecule has 1 N–H and O–H groups in total. The van der Waals surface area contributed by atoms with E-state index in [4.69, 9.17) is 5.26 Å². The Morgan fingerprint density at radius 3 is 2.67 bits per heavy atom. The zero-order valence-corrected chi connectivity index (χ0v) is 9.83. The highest BCUT2D eigenvalue weighted by Gasteiger charge is 2.24. The SMILES string of the molecule is CCNC(C)(C#N)Cn1nc(C)cc1C. The van der Waals surface area contributed by atoms with E-state index in [-0.39, 0.29) is 0 Å². The second-order valence-electron chi connectivity index (χ2n) is 4.06. The van der Waals surface area contributed by atoms with Gasteiger partial charge < -0.3 is 0 Å². The lowest BCUT2D eigenvalue weighted by molar-refractivity contribution is 0.373. The Morgan fingerprint density at radius 1 is 1.60 bits per heavy atom. The van der Waals surface area contributed by atoms with Crippen molar-refractivity contribution in [3.63, 3.8) is 0 Å². The minimum atomic E-state index is -0.544. The molecule has 1 heterocycles. The molecule has 0 saturated carbocycles. The standard InChI is InChI=1S/C11H18N4/c1-5-13-11(4,7-12)8-15-10(3)6-9(2)14-15/h6,13H,5,8H2,1-4H3. The zero-order valence-electron chi connectivity index (χ0n) is 9.83. The van der Waals surface area contributed by atoms with Gasteiger partial charge >= 0.3 is 0 Å². The van der Waals surface area contributed by atoms with Crippen LogP contribution in [0, 0.1) is 25.2 Å². The molecule has 0 aliphatic carbocycles. The molecule has 1 aromatic rings. The summed E-state index contributed by atoms with van der Waals surface area (Å²) in [4.78, 5) is 0. The summed E-state index contributed by atoms with van der Waals surface area (Å²) in [6, 6.07) is 4.31. The lowest BCUT2D eigenvalue weighted by Gasteiger charge is -2.22. The van der Waals surface area contributed by atoms with Gasteiger partial charge in [0.25, 0.3) is 0 Å². The molecule has 0 saturated heterocycles. The number of hydrogen-bond acceptors (Lipinski definition) is 3. The average molecular weight is 206 g/mol. The summed E-state index contributed by atoms with van der Waals surface area (Å²) < 4.78 is 1.88. The molecule has 0 spiro atoms. The third-order valence-electron chi connectivity index (χ3n) is 2.38. The molecule has 1 aromatic heterocycles. The molecule has 15 heavy (non-hydrogen) atoms. The van der Waals surface area contributed by atoms with E-state index in [1.807, 2.05) is 38.4 Å². The molecule has 0 bridgehead atoms. The zero-order chi connectivity index (χ0) is 11.5. The van der Waals surface area contributed by atoms with Crippen molar-refractivity contribution in [3.05, 3.63) is 17.5 Å². The highest BCUT2D eigenvalue weighted by molar-refractivity contribution is 5.10. The topological polar surface area (TPSA) is 53.6 Å². The van der Waals surface area contributed by atoms with E-state index in [0.29, 0.717) is 6.54 Å². The predicted octanol–water partition coefficient (Wildman–Crippen LogP) is 1.39. The van der Waals surface area contributed by atoms with Crippen molar-refractivity contribution in [2.24, 2.45) is 0 Å². The second kappa shape index (κ2) is 4.45. The van der Waals surface area contributed by atoms with Gasteiger partial charge in [-0.3, -0.25) is 10.00 Å².